The van der Waals surface area contributed by atoms with E-state index in [0.717, 1.165) is 20.6 Å². The molecule has 2 rings (SSSR count). The van der Waals surface area contributed by atoms with Crippen molar-refractivity contribution in [3.63, 3.8) is 0 Å². The molecule has 0 N–H and O–H groups in total. The second-order valence-electron chi connectivity index (χ2n) is 3.44. The molecule has 0 amide bonds. The Balaban J connectivity index is 2.13. The van der Waals surface area contributed by atoms with Crippen molar-refractivity contribution >= 4 is 29.1 Å². The van der Waals surface area contributed by atoms with Gasteiger partial charge in [-0.1, -0.05) is 28.3 Å². The molecule has 8 heteroatoms. The zero-order valence-electron chi connectivity index (χ0n) is 10.1. The molecule has 0 atom stereocenters. The highest BCUT2D eigenvalue weighted by Crippen LogP contribution is 2.32. The average molecular weight is 285 g/mol. The standard InChI is InChI=1S/C10H11N3O3S2/c1-5-8(6(2)16-13-5)9-11-12-10(18-9)17-4-7(14)15-3/h4H2,1-3H3. The zero-order chi connectivity index (χ0) is 13.1. The van der Waals surface area contributed by atoms with Crippen molar-refractivity contribution in [1.29, 1.82) is 0 Å². The third kappa shape index (κ3) is 2.70. The van der Waals surface area contributed by atoms with Crippen LogP contribution in [0.3, 0.4) is 0 Å². The second kappa shape index (κ2) is 5.49. The molecule has 0 aromatic carbocycles. The van der Waals surface area contributed by atoms with Crippen LogP contribution in [0.5, 0.6) is 0 Å². The Morgan fingerprint density at radius 2 is 2.22 bits per heavy atom. The minimum Gasteiger partial charge on any atom is -0.468 e. The Labute approximate surface area is 112 Å². The van der Waals surface area contributed by atoms with E-state index in [1.54, 1.807) is 0 Å². The maximum absolute atomic E-state index is 11.0. The van der Waals surface area contributed by atoms with E-state index in [9.17, 15) is 4.79 Å². The minimum absolute atomic E-state index is 0.229. The predicted molar refractivity (Wildman–Crippen MR) is 67.6 cm³/mol. The second-order valence-corrected chi connectivity index (χ2v) is 5.64. The summed E-state index contributed by atoms with van der Waals surface area (Å²) in [4.78, 5) is 11.0. The summed E-state index contributed by atoms with van der Waals surface area (Å²) in [6.45, 7) is 3.69. The van der Waals surface area contributed by atoms with Crippen LogP contribution in [0.2, 0.25) is 0 Å². The first-order valence-electron chi connectivity index (χ1n) is 5.08. The molecule has 18 heavy (non-hydrogen) atoms. The fourth-order valence-corrected chi connectivity index (χ4v) is 3.17. The molecule has 0 radical (unpaired) electrons. The van der Waals surface area contributed by atoms with E-state index in [2.05, 4.69) is 20.1 Å². The van der Waals surface area contributed by atoms with Gasteiger partial charge in [-0.3, -0.25) is 4.79 Å². The first-order chi connectivity index (χ1) is 8.61. The number of ether oxygens (including phenoxy) is 1. The van der Waals surface area contributed by atoms with Crippen LogP contribution in [-0.4, -0.2) is 34.2 Å². The van der Waals surface area contributed by atoms with Gasteiger partial charge in [-0.2, -0.15) is 0 Å². The lowest BCUT2D eigenvalue weighted by Gasteiger charge is -1.94. The van der Waals surface area contributed by atoms with Crippen molar-refractivity contribution in [1.82, 2.24) is 15.4 Å². The van der Waals surface area contributed by atoms with Gasteiger partial charge in [0.05, 0.1) is 24.1 Å². The SMILES string of the molecule is COC(=O)CSc1nnc(-c2c(C)noc2C)s1. The third-order valence-electron chi connectivity index (χ3n) is 2.19. The number of aromatic nitrogens is 3. The summed E-state index contributed by atoms with van der Waals surface area (Å²) in [6.07, 6.45) is 0. The van der Waals surface area contributed by atoms with Crippen molar-refractivity contribution < 1.29 is 14.1 Å². The number of aryl methyl sites for hydroxylation is 2. The van der Waals surface area contributed by atoms with Gasteiger partial charge < -0.3 is 9.26 Å². The van der Waals surface area contributed by atoms with Crippen molar-refractivity contribution in [2.75, 3.05) is 12.9 Å². The highest BCUT2D eigenvalue weighted by atomic mass is 32.2. The Kier molecular flexibility index (Phi) is 3.97. The van der Waals surface area contributed by atoms with Gasteiger partial charge in [-0.15, -0.1) is 10.2 Å². The largest absolute Gasteiger partial charge is 0.468 e. The molecule has 0 unspecified atom stereocenters. The molecule has 6 nitrogen and oxygen atoms in total. The summed E-state index contributed by atoms with van der Waals surface area (Å²) in [5, 5.41) is 12.7. The van der Waals surface area contributed by atoms with Crippen LogP contribution < -0.4 is 0 Å². The molecule has 0 aliphatic carbocycles. The van der Waals surface area contributed by atoms with E-state index in [0.29, 0.717) is 5.76 Å². The van der Waals surface area contributed by atoms with Crippen LogP contribution in [0.4, 0.5) is 0 Å². The quantitative estimate of drug-likeness (QED) is 0.628. The summed E-state index contributed by atoms with van der Waals surface area (Å²) in [5.41, 5.74) is 1.66. The molecule has 0 spiro atoms. The normalized spacial score (nSPS) is 10.6. The number of esters is 1. The molecule has 2 aromatic rings. The molecule has 0 bridgehead atoms. The number of rotatable bonds is 4. The van der Waals surface area contributed by atoms with Crippen molar-refractivity contribution in [3.05, 3.63) is 11.5 Å². The number of carbonyl (C=O) groups is 1. The molecule has 0 aliphatic rings. The molecule has 0 fully saturated rings. The van der Waals surface area contributed by atoms with Crippen molar-refractivity contribution in [2.45, 2.75) is 18.2 Å². The average Bonchev–Trinajstić information content (AvgIpc) is 2.93. The number of hydrogen-bond donors (Lipinski definition) is 0. The van der Waals surface area contributed by atoms with Crippen molar-refractivity contribution in [2.24, 2.45) is 0 Å². The highest BCUT2D eigenvalue weighted by Gasteiger charge is 2.16. The van der Waals surface area contributed by atoms with Gasteiger partial charge in [0.1, 0.15) is 5.76 Å². The number of nitrogens with zero attached hydrogens (tertiary/aromatic N) is 3. The number of carbonyl (C=O) groups excluding carboxylic acids is 1. The van der Waals surface area contributed by atoms with E-state index in [1.165, 1.54) is 30.2 Å². The van der Waals surface area contributed by atoms with Crippen LogP contribution in [0.1, 0.15) is 11.5 Å². The van der Waals surface area contributed by atoms with Crippen LogP contribution in [0, 0.1) is 13.8 Å². The van der Waals surface area contributed by atoms with Gasteiger partial charge >= 0.3 is 5.97 Å². The van der Waals surface area contributed by atoms with Gasteiger partial charge in [0.25, 0.3) is 0 Å². The van der Waals surface area contributed by atoms with Crippen molar-refractivity contribution in [3.8, 4) is 10.6 Å². The van der Waals surface area contributed by atoms with Crippen LogP contribution in [0.15, 0.2) is 8.86 Å². The summed E-state index contributed by atoms with van der Waals surface area (Å²) in [6, 6.07) is 0. The summed E-state index contributed by atoms with van der Waals surface area (Å²) < 4.78 is 10.4. The Morgan fingerprint density at radius 1 is 1.44 bits per heavy atom. The third-order valence-corrected chi connectivity index (χ3v) is 4.24. The fourth-order valence-electron chi connectivity index (χ4n) is 1.34. The number of methoxy groups -OCH3 is 1. The predicted octanol–water partition coefficient (Wildman–Crippen LogP) is 2.08. The monoisotopic (exact) mass is 285 g/mol. The molecule has 0 aliphatic heterocycles. The molecule has 96 valence electrons. The molecule has 2 aromatic heterocycles. The first-order valence-corrected chi connectivity index (χ1v) is 6.88. The topological polar surface area (TPSA) is 78.1 Å². The number of hydrogen-bond acceptors (Lipinski definition) is 8. The molecule has 0 saturated carbocycles. The Bertz CT molecular complexity index is 545. The summed E-state index contributed by atoms with van der Waals surface area (Å²) in [5.74, 6) is 0.662. The van der Waals surface area contributed by atoms with E-state index in [1.807, 2.05) is 13.8 Å². The van der Waals surface area contributed by atoms with E-state index < -0.39 is 0 Å². The molecule has 0 saturated heterocycles. The van der Waals surface area contributed by atoms with Gasteiger partial charge in [-0.25, -0.2) is 0 Å². The molecular formula is C10H11N3O3S2. The van der Waals surface area contributed by atoms with E-state index in [-0.39, 0.29) is 11.7 Å². The van der Waals surface area contributed by atoms with Gasteiger partial charge in [0.2, 0.25) is 0 Å². The van der Waals surface area contributed by atoms with E-state index in [4.69, 9.17) is 4.52 Å². The summed E-state index contributed by atoms with van der Waals surface area (Å²) >= 11 is 2.71. The van der Waals surface area contributed by atoms with E-state index >= 15 is 0 Å². The first kappa shape index (κ1) is 13.0. The smallest absolute Gasteiger partial charge is 0.316 e. The van der Waals surface area contributed by atoms with Crippen LogP contribution >= 0.6 is 23.1 Å². The van der Waals surface area contributed by atoms with Gasteiger partial charge in [0, 0.05) is 0 Å². The lowest BCUT2D eigenvalue weighted by atomic mass is 10.2. The fraction of sp³-hybridized carbons (Fsp3) is 0.400. The highest BCUT2D eigenvalue weighted by molar-refractivity contribution is 8.01. The Morgan fingerprint density at radius 3 is 2.83 bits per heavy atom. The van der Waals surface area contributed by atoms with Crippen LogP contribution in [-0.2, 0) is 9.53 Å². The maximum Gasteiger partial charge on any atom is 0.316 e. The lowest BCUT2D eigenvalue weighted by molar-refractivity contribution is -0.137. The Hall–Kier alpha value is -1.41. The summed E-state index contributed by atoms with van der Waals surface area (Å²) in [7, 11) is 1.36. The molecule has 2 heterocycles. The number of thioether (sulfide) groups is 1. The lowest BCUT2D eigenvalue weighted by Crippen LogP contribution is -2.02. The van der Waals surface area contributed by atoms with Crippen LogP contribution in [0.25, 0.3) is 10.6 Å². The zero-order valence-corrected chi connectivity index (χ0v) is 11.7. The minimum atomic E-state index is -0.283. The van der Waals surface area contributed by atoms with Gasteiger partial charge in [0.15, 0.2) is 9.35 Å². The molecular weight excluding hydrogens is 274 g/mol. The van der Waals surface area contributed by atoms with Gasteiger partial charge in [-0.05, 0) is 13.8 Å². The maximum atomic E-state index is 11.0.